The topological polar surface area (TPSA) is 76.7 Å². The van der Waals surface area contributed by atoms with E-state index in [0.29, 0.717) is 17.6 Å². The van der Waals surface area contributed by atoms with E-state index in [1.54, 1.807) is 6.20 Å². The Hall–Kier alpha value is -1.53. The van der Waals surface area contributed by atoms with Crippen LogP contribution >= 0.6 is 15.9 Å². The summed E-state index contributed by atoms with van der Waals surface area (Å²) >= 11 is 3.36. The summed E-state index contributed by atoms with van der Waals surface area (Å²) in [7, 11) is 0. The Bertz CT molecular complexity index is 580. The maximum Gasteiger partial charge on any atom is 0.180 e. The van der Waals surface area contributed by atoms with Crippen LogP contribution < -0.4 is 11.3 Å². The van der Waals surface area contributed by atoms with E-state index in [1.165, 1.54) is 0 Å². The van der Waals surface area contributed by atoms with Crippen molar-refractivity contribution in [2.45, 2.75) is 26.7 Å². The predicted octanol–water partition coefficient (Wildman–Crippen LogP) is 3.02. The standard InChI is InChI=1S/C13H16BrN5/c1-7(2)11-8(3)17-12(18-13(11)19-15)10-5-4-9(14)6-16-10/h4-7H,15H2,1-3H3,(H,17,18,19). The molecule has 3 N–H and O–H groups in total. The zero-order valence-electron chi connectivity index (χ0n) is 11.1. The van der Waals surface area contributed by atoms with Crippen molar-refractivity contribution in [1.29, 1.82) is 0 Å². The molecule has 0 atom stereocenters. The van der Waals surface area contributed by atoms with Crippen LogP contribution in [-0.2, 0) is 0 Å². The first-order valence-electron chi connectivity index (χ1n) is 6.00. The third-order valence-corrected chi connectivity index (χ3v) is 3.28. The molecule has 0 aliphatic carbocycles. The lowest BCUT2D eigenvalue weighted by atomic mass is 10.0. The van der Waals surface area contributed by atoms with E-state index in [-0.39, 0.29) is 0 Å². The van der Waals surface area contributed by atoms with Gasteiger partial charge in [0.1, 0.15) is 11.5 Å². The summed E-state index contributed by atoms with van der Waals surface area (Å²) in [6, 6.07) is 3.78. The maximum absolute atomic E-state index is 5.56. The first-order chi connectivity index (χ1) is 9.02. The highest BCUT2D eigenvalue weighted by atomic mass is 79.9. The molecule has 2 aromatic rings. The number of aryl methyl sites for hydroxylation is 1. The third kappa shape index (κ3) is 2.90. The third-order valence-electron chi connectivity index (χ3n) is 2.81. The molecule has 0 unspecified atom stereocenters. The highest BCUT2D eigenvalue weighted by molar-refractivity contribution is 9.10. The van der Waals surface area contributed by atoms with E-state index in [2.05, 4.69) is 50.2 Å². The summed E-state index contributed by atoms with van der Waals surface area (Å²) in [5.74, 6) is 7.09. The molecule has 100 valence electrons. The molecule has 0 aliphatic rings. The number of hydrogen-bond donors (Lipinski definition) is 2. The minimum Gasteiger partial charge on any atom is -0.308 e. The van der Waals surface area contributed by atoms with Gasteiger partial charge in [-0.2, -0.15) is 0 Å². The van der Waals surface area contributed by atoms with Crippen LogP contribution in [0.15, 0.2) is 22.8 Å². The summed E-state index contributed by atoms with van der Waals surface area (Å²) in [5.41, 5.74) is 5.32. The summed E-state index contributed by atoms with van der Waals surface area (Å²) in [6.45, 7) is 6.13. The lowest BCUT2D eigenvalue weighted by Gasteiger charge is -2.15. The fraction of sp³-hybridized carbons (Fsp3) is 0.308. The minimum atomic E-state index is 0.304. The van der Waals surface area contributed by atoms with Crippen LogP contribution in [-0.4, -0.2) is 15.0 Å². The number of nitrogen functional groups attached to an aromatic ring is 1. The van der Waals surface area contributed by atoms with E-state index >= 15 is 0 Å². The Morgan fingerprint density at radius 1 is 1.26 bits per heavy atom. The Balaban J connectivity index is 2.54. The summed E-state index contributed by atoms with van der Waals surface area (Å²) < 4.78 is 0.920. The van der Waals surface area contributed by atoms with Gasteiger partial charge in [-0.25, -0.2) is 15.8 Å². The molecular weight excluding hydrogens is 306 g/mol. The number of nitrogens with zero attached hydrogens (tertiary/aromatic N) is 3. The van der Waals surface area contributed by atoms with Gasteiger partial charge in [-0.3, -0.25) is 4.98 Å². The van der Waals surface area contributed by atoms with Crippen LogP contribution in [0.3, 0.4) is 0 Å². The number of halogens is 1. The second kappa shape index (κ2) is 5.63. The lowest BCUT2D eigenvalue weighted by Crippen LogP contribution is -2.14. The second-order valence-corrected chi connectivity index (χ2v) is 5.47. The first-order valence-corrected chi connectivity index (χ1v) is 6.79. The number of anilines is 1. The molecule has 0 saturated heterocycles. The predicted molar refractivity (Wildman–Crippen MR) is 79.6 cm³/mol. The van der Waals surface area contributed by atoms with Crippen LogP contribution in [0.1, 0.15) is 31.0 Å². The largest absolute Gasteiger partial charge is 0.308 e. The smallest absolute Gasteiger partial charge is 0.180 e. The lowest BCUT2D eigenvalue weighted by molar-refractivity contribution is 0.831. The van der Waals surface area contributed by atoms with Crippen LogP contribution in [0.2, 0.25) is 0 Å². The Morgan fingerprint density at radius 2 is 2.00 bits per heavy atom. The van der Waals surface area contributed by atoms with Gasteiger partial charge >= 0.3 is 0 Å². The molecule has 19 heavy (non-hydrogen) atoms. The number of hydrogen-bond acceptors (Lipinski definition) is 5. The Kier molecular flexibility index (Phi) is 4.11. The monoisotopic (exact) mass is 321 g/mol. The van der Waals surface area contributed by atoms with E-state index in [1.807, 2.05) is 19.1 Å². The molecule has 0 aromatic carbocycles. The van der Waals surface area contributed by atoms with Crippen molar-refractivity contribution in [1.82, 2.24) is 15.0 Å². The van der Waals surface area contributed by atoms with Crippen molar-refractivity contribution >= 4 is 21.7 Å². The number of nitrogens with two attached hydrogens (primary N) is 1. The average Bonchev–Trinajstić information content (AvgIpc) is 2.38. The molecule has 0 bridgehead atoms. The van der Waals surface area contributed by atoms with Crippen molar-refractivity contribution < 1.29 is 0 Å². The molecule has 0 aliphatic heterocycles. The van der Waals surface area contributed by atoms with Crippen LogP contribution in [0.4, 0.5) is 5.82 Å². The summed E-state index contributed by atoms with van der Waals surface area (Å²) in [6.07, 6.45) is 1.72. The Morgan fingerprint density at radius 3 is 2.53 bits per heavy atom. The van der Waals surface area contributed by atoms with Gasteiger partial charge < -0.3 is 5.43 Å². The quantitative estimate of drug-likeness (QED) is 0.671. The van der Waals surface area contributed by atoms with E-state index in [9.17, 15) is 0 Å². The van der Waals surface area contributed by atoms with Crippen LogP contribution in [0, 0.1) is 6.92 Å². The number of nitrogens with one attached hydrogen (secondary N) is 1. The summed E-state index contributed by atoms with van der Waals surface area (Å²) in [4.78, 5) is 13.3. The molecular formula is C13H16BrN5. The van der Waals surface area contributed by atoms with Crippen molar-refractivity contribution in [3.63, 3.8) is 0 Å². The molecule has 5 nitrogen and oxygen atoms in total. The fourth-order valence-corrected chi connectivity index (χ4v) is 2.24. The molecule has 2 heterocycles. The fourth-order valence-electron chi connectivity index (χ4n) is 2.01. The normalized spacial score (nSPS) is 10.8. The highest BCUT2D eigenvalue weighted by Gasteiger charge is 2.15. The minimum absolute atomic E-state index is 0.304. The molecule has 0 saturated carbocycles. The van der Waals surface area contributed by atoms with Crippen LogP contribution in [0.25, 0.3) is 11.5 Å². The van der Waals surface area contributed by atoms with Gasteiger partial charge in [0.25, 0.3) is 0 Å². The SMILES string of the molecule is Cc1nc(-c2ccc(Br)cn2)nc(NN)c1C(C)C. The van der Waals surface area contributed by atoms with Crippen LogP contribution in [0.5, 0.6) is 0 Å². The molecule has 0 radical (unpaired) electrons. The van der Waals surface area contributed by atoms with Gasteiger partial charge in [0.05, 0.1) is 0 Å². The van der Waals surface area contributed by atoms with Gasteiger partial charge in [0.2, 0.25) is 0 Å². The molecule has 0 amide bonds. The molecule has 6 heteroatoms. The van der Waals surface area contributed by atoms with Crippen molar-refractivity contribution in [3.8, 4) is 11.5 Å². The van der Waals surface area contributed by atoms with Crippen molar-refractivity contribution in [3.05, 3.63) is 34.1 Å². The Labute approximate surface area is 120 Å². The summed E-state index contributed by atoms with van der Waals surface area (Å²) in [5, 5.41) is 0. The van der Waals surface area contributed by atoms with E-state index < -0.39 is 0 Å². The van der Waals surface area contributed by atoms with Gasteiger partial charge in [0.15, 0.2) is 5.82 Å². The van der Waals surface area contributed by atoms with Gasteiger partial charge in [-0.1, -0.05) is 13.8 Å². The van der Waals surface area contributed by atoms with Gasteiger partial charge in [0, 0.05) is 21.9 Å². The highest BCUT2D eigenvalue weighted by Crippen LogP contribution is 2.27. The zero-order chi connectivity index (χ0) is 14.0. The number of pyridine rings is 1. The molecule has 0 fully saturated rings. The van der Waals surface area contributed by atoms with E-state index in [4.69, 9.17) is 5.84 Å². The maximum atomic E-state index is 5.56. The van der Waals surface area contributed by atoms with E-state index in [0.717, 1.165) is 21.4 Å². The molecule has 2 rings (SSSR count). The van der Waals surface area contributed by atoms with Crippen molar-refractivity contribution in [2.24, 2.45) is 5.84 Å². The van der Waals surface area contributed by atoms with Crippen molar-refractivity contribution in [2.75, 3.05) is 5.43 Å². The molecule has 0 spiro atoms. The zero-order valence-corrected chi connectivity index (χ0v) is 12.7. The number of hydrazine groups is 1. The first kappa shape index (κ1) is 13.9. The second-order valence-electron chi connectivity index (χ2n) is 4.56. The average molecular weight is 322 g/mol. The van der Waals surface area contributed by atoms with Gasteiger partial charge in [-0.05, 0) is 40.9 Å². The van der Waals surface area contributed by atoms with Gasteiger partial charge in [-0.15, -0.1) is 0 Å². The molecule has 2 aromatic heterocycles. The number of aromatic nitrogens is 3. The number of rotatable bonds is 3.